The van der Waals surface area contributed by atoms with E-state index in [0.717, 1.165) is 6.08 Å². The van der Waals surface area contributed by atoms with E-state index in [1.807, 2.05) is 6.07 Å². The van der Waals surface area contributed by atoms with Gasteiger partial charge in [0.2, 0.25) is 6.10 Å². The number of ether oxygens (including phenoxy) is 2. The zero-order valence-electron chi connectivity index (χ0n) is 17.0. The van der Waals surface area contributed by atoms with Gasteiger partial charge >= 0.3 is 12.1 Å². The largest absolute Gasteiger partial charge is 0.457 e. The molecule has 0 N–H and O–H groups in total. The van der Waals surface area contributed by atoms with Crippen molar-refractivity contribution in [3.05, 3.63) is 70.2 Å². The van der Waals surface area contributed by atoms with E-state index < -0.39 is 40.5 Å². The summed E-state index contributed by atoms with van der Waals surface area (Å²) < 4.78 is 49.3. The molecule has 0 unspecified atom stereocenters. The van der Waals surface area contributed by atoms with Crippen molar-refractivity contribution in [2.24, 2.45) is 17.3 Å². The summed E-state index contributed by atoms with van der Waals surface area (Å²) in [4.78, 5) is 12.6. The van der Waals surface area contributed by atoms with Gasteiger partial charge in [0.25, 0.3) is 0 Å². The molecular formula is C23H18Cl2F3NO3. The van der Waals surface area contributed by atoms with Crippen LogP contribution in [0.2, 0.25) is 5.02 Å². The topological polar surface area (TPSA) is 59.3 Å². The molecule has 4 nitrogen and oxygen atoms in total. The van der Waals surface area contributed by atoms with Crippen LogP contribution >= 0.6 is 23.2 Å². The number of alkyl halides is 3. The van der Waals surface area contributed by atoms with Gasteiger partial charge in [-0.1, -0.05) is 55.3 Å². The Bertz CT molecular complexity index is 1080. The fourth-order valence-corrected chi connectivity index (χ4v) is 3.69. The molecule has 9 heteroatoms. The second-order valence-corrected chi connectivity index (χ2v) is 8.76. The molecule has 168 valence electrons. The van der Waals surface area contributed by atoms with Gasteiger partial charge in [-0.15, -0.1) is 0 Å². The fourth-order valence-electron chi connectivity index (χ4n) is 3.43. The van der Waals surface area contributed by atoms with E-state index in [4.69, 9.17) is 32.7 Å². The summed E-state index contributed by atoms with van der Waals surface area (Å²) in [6.45, 7) is 3.28. The molecule has 0 amide bonds. The molecule has 3 rings (SSSR count). The molecule has 0 saturated heterocycles. The van der Waals surface area contributed by atoms with Crippen LogP contribution in [-0.4, -0.2) is 12.1 Å². The Morgan fingerprint density at radius 3 is 2.44 bits per heavy atom. The van der Waals surface area contributed by atoms with E-state index in [-0.39, 0.29) is 0 Å². The molecule has 1 aliphatic carbocycles. The van der Waals surface area contributed by atoms with Crippen molar-refractivity contribution in [1.29, 1.82) is 5.26 Å². The molecule has 1 aliphatic rings. The Balaban J connectivity index is 1.72. The summed E-state index contributed by atoms with van der Waals surface area (Å²) >= 11 is 11.2. The number of allylic oxidation sites excluding steroid dienone is 2. The van der Waals surface area contributed by atoms with Gasteiger partial charge in [0.15, 0.2) is 0 Å². The van der Waals surface area contributed by atoms with Gasteiger partial charge in [-0.25, -0.2) is 0 Å². The highest BCUT2D eigenvalue weighted by Gasteiger charge is 2.62. The summed E-state index contributed by atoms with van der Waals surface area (Å²) in [7, 11) is 0. The highest BCUT2D eigenvalue weighted by molar-refractivity contribution is 6.30. The van der Waals surface area contributed by atoms with Gasteiger partial charge in [-0.3, -0.25) is 4.79 Å². The van der Waals surface area contributed by atoms with Crippen molar-refractivity contribution in [3.8, 4) is 17.6 Å². The van der Waals surface area contributed by atoms with E-state index in [2.05, 4.69) is 0 Å². The van der Waals surface area contributed by atoms with Crippen LogP contribution in [-0.2, 0) is 9.53 Å². The molecule has 3 atom stereocenters. The van der Waals surface area contributed by atoms with E-state index >= 15 is 0 Å². The minimum absolute atomic E-state index is 0.367. The normalized spacial score (nSPS) is 20.8. The van der Waals surface area contributed by atoms with Crippen LogP contribution in [0.3, 0.4) is 0 Å². The molecule has 2 aromatic rings. The molecule has 0 aromatic heterocycles. The average Bonchev–Trinajstić information content (AvgIpc) is 3.27. The molecular weight excluding hydrogens is 466 g/mol. The Kier molecular flexibility index (Phi) is 6.77. The van der Waals surface area contributed by atoms with E-state index in [1.165, 1.54) is 0 Å². The minimum Gasteiger partial charge on any atom is -0.457 e. The maximum atomic E-state index is 12.7. The zero-order valence-corrected chi connectivity index (χ0v) is 18.5. The van der Waals surface area contributed by atoms with Crippen LogP contribution in [0, 0.1) is 28.6 Å². The van der Waals surface area contributed by atoms with Gasteiger partial charge in [0.1, 0.15) is 22.6 Å². The molecule has 32 heavy (non-hydrogen) atoms. The highest BCUT2D eigenvalue weighted by atomic mass is 35.5. The number of carbonyl (C=O) groups excluding carboxylic acids is 1. The van der Waals surface area contributed by atoms with Crippen LogP contribution in [0.25, 0.3) is 0 Å². The van der Waals surface area contributed by atoms with Crippen molar-refractivity contribution < 1.29 is 27.4 Å². The third-order valence-electron chi connectivity index (χ3n) is 5.32. The SMILES string of the molecule is CC1(C)[C@H](C(=O)O[C@H](C#N)c2cccc(Oc3ccc(Cl)cc3)c2)[C@@H]1/C=C(\Cl)C(F)(F)F. The van der Waals surface area contributed by atoms with Gasteiger partial charge < -0.3 is 9.47 Å². The first-order chi connectivity index (χ1) is 14.9. The summed E-state index contributed by atoms with van der Waals surface area (Å²) in [6, 6.07) is 15.0. The second-order valence-electron chi connectivity index (χ2n) is 7.91. The minimum atomic E-state index is -4.69. The second kappa shape index (κ2) is 9.05. The predicted molar refractivity (Wildman–Crippen MR) is 113 cm³/mol. The summed E-state index contributed by atoms with van der Waals surface area (Å²) in [5.41, 5.74) is -0.409. The number of nitrogens with zero attached hydrogens (tertiary/aromatic N) is 1. The molecule has 0 aliphatic heterocycles. The Hall–Kier alpha value is -2.69. The van der Waals surface area contributed by atoms with E-state index in [1.54, 1.807) is 62.4 Å². The Morgan fingerprint density at radius 2 is 1.84 bits per heavy atom. The predicted octanol–water partition coefficient (Wildman–Crippen LogP) is 7.20. The van der Waals surface area contributed by atoms with E-state index in [0.29, 0.717) is 22.1 Å². The summed E-state index contributed by atoms with van der Waals surface area (Å²) in [6.07, 6.45) is -5.11. The van der Waals surface area contributed by atoms with Crippen molar-refractivity contribution in [1.82, 2.24) is 0 Å². The Morgan fingerprint density at radius 1 is 1.19 bits per heavy atom. The number of benzene rings is 2. The fraction of sp³-hybridized carbons (Fsp3) is 0.304. The molecule has 0 heterocycles. The first kappa shape index (κ1) is 24.0. The van der Waals surface area contributed by atoms with E-state index in [9.17, 15) is 23.2 Å². The maximum absolute atomic E-state index is 12.7. The molecule has 0 radical (unpaired) electrons. The van der Waals surface area contributed by atoms with Crippen LogP contribution < -0.4 is 4.74 Å². The van der Waals surface area contributed by atoms with Crippen LogP contribution in [0.15, 0.2) is 59.6 Å². The maximum Gasteiger partial charge on any atom is 0.426 e. The molecule has 1 fully saturated rings. The lowest BCUT2D eigenvalue weighted by molar-refractivity contribution is -0.149. The highest BCUT2D eigenvalue weighted by Crippen LogP contribution is 2.60. The molecule has 0 spiro atoms. The Labute approximate surface area is 193 Å². The smallest absolute Gasteiger partial charge is 0.426 e. The molecule has 0 bridgehead atoms. The number of halogens is 5. The first-order valence-corrected chi connectivity index (χ1v) is 10.3. The number of nitriles is 1. The van der Waals surface area contributed by atoms with Crippen molar-refractivity contribution in [2.45, 2.75) is 26.1 Å². The number of hydrogen-bond acceptors (Lipinski definition) is 4. The van der Waals surface area contributed by atoms with Gasteiger partial charge in [-0.05, 0) is 47.7 Å². The van der Waals surface area contributed by atoms with Gasteiger partial charge in [0.05, 0.1) is 5.92 Å². The van der Waals surface area contributed by atoms with Gasteiger partial charge in [-0.2, -0.15) is 18.4 Å². The van der Waals surface area contributed by atoms with Crippen molar-refractivity contribution in [2.75, 3.05) is 0 Å². The monoisotopic (exact) mass is 483 g/mol. The number of carbonyl (C=O) groups is 1. The van der Waals surface area contributed by atoms with Crippen molar-refractivity contribution >= 4 is 29.2 Å². The number of rotatable bonds is 6. The quantitative estimate of drug-likeness (QED) is 0.407. The van der Waals surface area contributed by atoms with Gasteiger partial charge in [0, 0.05) is 10.6 Å². The summed E-state index contributed by atoms with van der Waals surface area (Å²) in [5, 5.41) is 8.79. The third kappa shape index (κ3) is 5.37. The molecule has 1 saturated carbocycles. The third-order valence-corrected chi connectivity index (χ3v) is 5.92. The van der Waals surface area contributed by atoms with Crippen LogP contribution in [0.5, 0.6) is 11.5 Å². The first-order valence-electron chi connectivity index (χ1n) is 9.51. The standard InChI is InChI=1S/C23H18Cl2F3NO3/c1-22(2)17(11-19(25)23(26,27)28)20(22)21(30)32-18(12-29)13-4-3-5-16(10-13)31-15-8-6-14(24)7-9-15/h3-11,17-18,20H,1-2H3/b19-11-/t17-,18+,20-/m0/s1. The lowest BCUT2D eigenvalue weighted by Gasteiger charge is -2.13. The van der Waals surface area contributed by atoms with Crippen molar-refractivity contribution in [3.63, 3.8) is 0 Å². The van der Waals surface area contributed by atoms with Crippen LogP contribution in [0.1, 0.15) is 25.5 Å². The van der Waals surface area contributed by atoms with Crippen LogP contribution in [0.4, 0.5) is 13.2 Å². The zero-order chi connectivity index (χ0) is 23.7. The lowest BCUT2D eigenvalue weighted by Crippen LogP contribution is -2.14. The lowest BCUT2D eigenvalue weighted by atomic mass is 10.1. The molecule has 2 aromatic carbocycles. The number of hydrogen-bond donors (Lipinski definition) is 0. The summed E-state index contributed by atoms with van der Waals surface area (Å²) in [5.74, 6) is -1.43. The average molecular weight is 484 g/mol. The number of esters is 1.